The fourth-order valence-corrected chi connectivity index (χ4v) is 2.91. The zero-order chi connectivity index (χ0) is 12.1. The summed E-state index contributed by atoms with van der Waals surface area (Å²) < 4.78 is 5.33. The fraction of sp³-hybridized carbons (Fsp3) is 0.600. The van der Waals surface area contributed by atoms with Crippen LogP contribution in [-0.4, -0.2) is 20.2 Å². The van der Waals surface area contributed by atoms with E-state index in [0.717, 1.165) is 24.8 Å². The van der Waals surface area contributed by atoms with E-state index in [1.165, 1.54) is 24.8 Å². The van der Waals surface area contributed by atoms with Crippen LogP contribution in [0.5, 0.6) is 5.75 Å². The summed E-state index contributed by atoms with van der Waals surface area (Å²) in [5.41, 5.74) is 1.45. The van der Waals surface area contributed by atoms with Crippen molar-refractivity contribution in [1.82, 2.24) is 5.32 Å². The molecule has 17 heavy (non-hydrogen) atoms. The summed E-state index contributed by atoms with van der Waals surface area (Å²) in [6.45, 7) is 4.58. The van der Waals surface area contributed by atoms with Gasteiger partial charge < -0.3 is 10.1 Å². The van der Waals surface area contributed by atoms with Gasteiger partial charge in [-0.2, -0.15) is 0 Å². The lowest BCUT2D eigenvalue weighted by atomic mass is 9.79. The van der Waals surface area contributed by atoms with Gasteiger partial charge in [0.05, 0.1) is 7.11 Å². The Balaban J connectivity index is 2.16. The first kappa shape index (κ1) is 12.4. The van der Waals surface area contributed by atoms with Crippen LogP contribution in [0.1, 0.15) is 37.7 Å². The average molecular weight is 233 g/mol. The van der Waals surface area contributed by atoms with Crippen LogP contribution in [0, 0.1) is 5.92 Å². The second kappa shape index (κ2) is 6.06. The molecule has 1 aromatic carbocycles. The number of rotatable bonds is 4. The number of methoxy groups -OCH3 is 1. The van der Waals surface area contributed by atoms with Crippen molar-refractivity contribution in [2.75, 3.05) is 20.2 Å². The topological polar surface area (TPSA) is 21.3 Å². The van der Waals surface area contributed by atoms with Crippen LogP contribution in [0.4, 0.5) is 0 Å². The lowest BCUT2D eigenvalue weighted by molar-refractivity contribution is 0.306. The summed E-state index contributed by atoms with van der Waals surface area (Å²) in [6.07, 6.45) is 3.83. The van der Waals surface area contributed by atoms with E-state index in [-0.39, 0.29) is 0 Å². The Kier molecular flexibility index (Phi) is 4.43. The second-order valence-electron chi connectivity index (χ2n) is 4.92. The summed E-state index contributed by atoms with van der Waals surface area (Å²) in [5, 5.41) is 3.52. The van der Waals surface area contributed by atoms with Crippen molar-refractivity contribution in [3.8, 4) is 5.75 Å². The molecule has 2 atom stereocenters. The van der Waals surface area contributed by atoms with E-state index in [4.69, 9.17) is 4.74 Å². The van der Waals surface area contributed by atoms with E-state index < -0.39 is 0 Å². The zero-order valence-electron chi connectivity index (χ0n) is 10.9. The van der Waals surface area contributed by atoms with Crippen LogP contribution >= 0.6 is 0 Å². The smallest absolute Gasteiger partial charge is 0.119 e. The van der Waals surface area contributed by atoms with E-state index in [9.17, 15) is 0 Å². The van der Waals surface area contributed by atoms with Gasteiger partial charge in [0.2, 0.25) is 0 Å². The van der Waals surface area contributed by atoms with Crippen molar-refractivity contribution in [3.63, 3.8) is 0 Å². The molecular formula is C15H23NO. The van der Waals surface area contributed by atoms with Crippen LogP contribution in [0.2, 0.25) is 0 Å². The molecule has 0 saturated carbocycles. The molecule has 0 aliphatic carbocycles. The predicted octanol–water partition coefficient (Wildman–Crippen LogP) is 3.19. The molecule has 0 aromatic heterocycles. The highest BCUT2D eigenvalue weighted by molar-refractivity contribution is 5.31. The standard InChI is InChI=1S/C15H23NO/c1-3-5-13-11-16-9-8-15(13)12-6-4-7-14(10-12)17-2/h4,6-7,10,13,15-16H,3,5,8-9,11H2,1-2H3. The molecule has 0 bridgehead atoms. The van der Waals surface area contributed by atoms with Crippen LogP contribution in [0.3, 0.4) is 0 Å². The Morgan fingerprint density at radius 1 is 1.41 bits per heavy atom. The number of piperidine rings is 1. The van der Waals surface area contributed by atoms with Crippen molar-refractivity contribution >= 4 is 0 Å². The van der Waals surface area contributed by atoms with Gasteiger partial charge in [-0.1, -0.05) is 25.5 Å². The Morgan fingerprint density at radius 3 is 3.06 bits per heavy atom. The lowest BCUT2D eigenvalue weighted by Gasteiger charge is -2.32. The monoisotopic (exact) mass is 233 g/mol. The summed E-state index contributed by atoms with van der Waals surface area (Å²) in [6, 6.07) is 8.60. The van der Waals surface area contributed by atoms with Gasteiger partial charge in [0.1, 0.15) is 5.75 Å². The van der Waals surface area contributed by atoms with Crippen molar-refractivity contribution in [1.29, 1.82) is 0 Å². The van der Waals surface area contributed by atoms with Crippen molar-refractivity contribution in [3.05, 3.63) is 29.8 Å². The maximum absolute atomic E-state index is 5.33. The molecule has 1 aromatic rings. The Bertz CT molecular complexity index is 349. The molecule has 2 heteroatoms. The molecule has 1 N–H and O–H groups in total. The van der Waals surface area contributed by atoms with E-state index in [1.54, 1.807) is 7.11 Å². The van der Waals surface area contributed by atoms with Gasteiger partial charge in [-0.05, 0) is 55.5 Å². The minimum Gasteiger partial charge on any atom is -0.497 e. The molecule has 0 amide bonds. The number of ether oxygens (including phenoxy) is 1. The third kappa shape index (κ3) is 3.01. The molecule has 2 unspecified atom stereocenters. The normalized spacial score (nSPS) is 24.6. The summed E-state index contributed by atoms with van der Waals surface area (Å²) >= 11 is 0. The predicted molar refractivity (Wildman–Crippen MR) is 71.6 cm³/mol. The third-order valence-corrected chi connectivity index (χ3v) is 3.79. The highest BCUT2D eigenvalue weighted by Crippen LogP contribution is 2.34. The van der Waals surface area contributed by atoms with Gasteiger partial charge in [0.25, 0.3) is 0 Å². The van der Waals surface area contributed by atoms with Gasteiger partial charge in [-0.15, -0.1) is 0 Å². The van der Waals surface area contributed by atoms with Crippen molar-refractivity contribution in [2.24, 2.45) is 5.92 Å². The number of benzene rings is 1. The summed E-state index contributed by atoms with van der Waals surface area (Å²) in [7, 11) is 1.74. The molecular weight excluding hydrogens is 210 g/mol. The quantitative estimate of drug-likeness (QED) is 0.862. The lowest BCUT2D eigenvalue weighted by Crippen LogP contribution is -2.35. The maximum atomic E-state index is 5.33. The first-order valence-corrected chi connectivity index (χ1v) is 6.69. The Morgan fingerprint density at radius 2 is 2.29 bits per heavy atom. The van der Waals surface area contributed by atoms with Crippen molar-refractivity contribution in [2.45, 2.75) is 32.1 Å². The molecule has 2 rings (SSSR count). The fourth-order valence-electron chi connectivity index (χ4n) is 2.91. The van der Waals surface area contributed by atoms with Crippen molar-refractivity contribution < 1.29 is 4.74 Å². The van der Waals surface area contributed by atoms with E-state index in [2.05, 4.69) is 30.4 Å². The Hall–Kier alpha value is -1.02. The minimum atomic E-state index is 0.700. The van der Waals surface area contributed by atoms with Crippen LogP contribution in [-0.2, 0) is 0 Å². The SMILES string of the molecule is CCCC1CNCCC1c1cccc(OC)c1. The zero-order valence-corrected chi connectivity index (χ0v) is 10.9. The highest BCUT2D eigenvalue weighted by Gasteiger charge is 2.25. The van der Waals surface area contributed by atoms with Gasteiger partial charge in [0, 0.05) is 0 Å². The van der Waals surface area contributed by atoms with Gasteiger partial charge in [0.15, 0.2) is 0 Å². The molecule has 1 aliphatic rings. The molecule has 1 aliphatic heterocycles. The van der Waals surface area contributed by atoms with Gasteiger partial charge >= 0.3 is 0 Å². The molecule has 0 radical (unpaired) electrons. The second-order valence-corrected chi connectivity index (χ2v) is 4.92. The molecule has 1 heterocycles. The van der Waals surface area contributed by atoms with Crippen LogP contribution < -0.4 is 10.1 Å². The van der Waals surface area contributed by atoms with Gasteiger partial charge in [-0.25, -0.2) is 0 Å². The molecule has 1 saturated heterocycles. The molecule has 2 nitrogen and oxygen atoms in total. The average Bonchev–Trinajstić information content (AvgIpc) is 2.40. The molecule has 1 fully saturated rings. The number of hydrogen-bond donors (Lipinski definition) is 1. The van der Waals surface area contributed by atoms with E-state index >= 15 is 0 Å². The van der Waals surface area contributed by atoms with E-state index in [0.29, 0.717) is 5.92 Å². The first-order chi connectivity index (χ1) is 8.35. The largest absolute Gasteiger partial charge is 0.497 e. The van der Waals surface area contributed by atoms with Gasteiger partial charge in [-0.3, -0.25) is 0 Å². The summed E-state index contributed by atoms with van der Waals surface area (Å²) in [4.78, 5) is 0. The summed E-state index contributed by atoms with van der Waals surface area (Å²) in [5.74, 6) is 2.46. The number of hydrogen-bond acceptors (Lipinski definition) is 2. The first-order valence-electron chi connectivity index (χ1n) is 6.69. The van der Waals surface area contributed by atoms with E-state index in [1.807, 2.05) is 6.07 Å². The maximum Gasteiger partial charge on any atom is 0.119 e. The number of nitrogens with one attached hydrogen (secondary N) is 1. The third-order valence-electron chi connectivity index (χ3n) is 3.79. The van der Waals surface area contributed by atoms with Crippen LogP contribution in [0.25, 0.3) is 0 Å². The van der Waals surface area contributed by atoms with Crippen LogP contribution in [0.15, 0.2) is 24.3 Å². The Labute approximate surface area is 104 Å². The highest BCUT2D eigenvalue weighted by atomic mass is 16.5. The molecule has 0 spiro atoms. The molecule has 94 valence electrons. The minimum absolute atomic E-state index is 0.700.